The highest BCUT2D eigenvalue weighted by Gasteiger charge is 2.24. The molecule has 0 saturated carbocycles. The lowest BCUT2D eigenvalue weighted by Gasteiger charge is -2.22. The Morgan fingerprint density at radius 1 is 0.917 bits per heavy atom. The zero-order valence-corrected chi connectivity index (χ0v) is 15.6. The van der Waals surface area contributed by atoms with Gasteiger partial charge in [-0.15, -0.1) is 0 Å². The number of hydrogen-bond acceptors (Lipinski definition) is 6. The molecule has 0 fully saturated rings. The van der Waals surface area contributed by atoms with Crippen molar-refractivity contribution in [1.82, 2.24) is 4.31 Å². The quantitative estimate of drug-likeness (QED) is 0.523. The molecule has 0 radical (unpaired) electrons. The Hall–Kier alpha value is -1.19. The number of nitrogens with zero attached hydrogens (tertiary/aromatic N) is 1. The Morgan fingerprint density at radius 3 is 2.00 bits per heavy atom. The largest absolute Gasteiger partial charge is 0.491 e. The molecule has 1 rings (SSSR count). The number of aryl methyl sites for hydroxylation is 1. The summed E-state index contributed by atoms with van der Waals surface area (Å²) in [5.74, 6) is 0.645. The van der Waals surface area contributed by atoms with E-state index in [1.807, 2.05) is 6.92 Å². The van der Waals surface area contributed by atoms with Crippen LogP contribution in [-0.4, -0.2) is 73.6 Å². The predicted octanol–water partition coefficient (Wildman–Crippen LogP) is 1.30. The van der Waals surface area contributed by atoms with Gasteiger partial charge in [0.1, 0.15) is 12.4 Å². The van der Waals surface area contributed by atoms with E-state index in [-0.39, 0.29) is 18.0 Å². The topological polar surface area (TPSA) is 74.3 Å². The monoisotopic (exact) mass is 361 g/mol. The zero-order chi connectivity index (χ0) is 18.0. The summed E-state index contributed by atoms with van der Waals surface area (Å²) in [6.07, 6.45) is 0. The second kappa shape index (κ2) is 10.6. The average molecular weight is 361 g/mol. The standard InChI is InChI=1S/C16H27NO6S/c1-14-13-15(5-6-16(14)23-12-11-22-4)24(18,19)17(7-9-20-2)8-10-21-3/h5-6,13H,7-12H2,1-4H3. The maximum absolute atomic E-state index is 12.8. The molecule has 0 amide bonds. The minimum absolute atomic E-state index is 0.228. The van der Waals surface area contributed by atoms with Crippen molar-refractivity contribution in [3.8, 4) is 5.75 Å². The van der Waals surface area contributed by atoms with E-state index in [2.05, 4.69) is 0 Å². The molecule has 0 heterocycles. The zero-order valence-electron chi connectivity index (χ0n) is 14.8. The lowest BCUT2D eigenvalue weighted by atomic mass is 10.2. The maximum atomic E-state index is 12.8. The molecule has 0 aliphatic heterocycles. The molecule has 24 heavy (non-hydrogen) atoms. The highest BCUT2D eigenvalue weighted by atomic mass is 32.2. The molecular formula is C16H27NO6S. The van der Waals surface area contributed by atoms with Crippen LogP contribution in [0.25, 0.3) is 0 Å². The van der Waals surface area contributed by atoms with Gasteiger partial charge in [0, 0.05) is 34.4 Å². The van der Waals surface area contributed by atoms with Gasteiger partial charge in [0.2, 0.25) is 10.0 Å². The van der Waals surface area contributed by atoms with E-state index >= 15 is 0 Å². The van der Waals surface area contributed by atoms with Crippen molar-refractivity contribution >= 4 is 10.0 Å². The Morgan fingerprint density at radius 2 is 1.50 bits per heavy atom. The van der Waals surface area contributed by atoms with Crippen LogP contribution in [-0.2, 0) is 24.2 Å². The van der Waals surface area contributed by atoms with Crippen LogP contribution in [0.5, 0.6) is 5.75 Å². The number of rotatable bonds is 12. The Balaban J connectivity index is 2.95. The summed E-state index contributed by atoms with van der Waals surface area (Å²) >= 11 is 0. The van der Waals surface area contributed by atoms with Crippen LogP contribution in [0.3, 0.4) is 0 Å². The summed E-state index contributed by atoms with van der Waals surface area (Å²) in [5, 5.41) is 0. The molecule has 0 unspecified atom stereocenters. The fraction of sp³-hybridized carbons (Fsp3) is 0.625. The highest BCUT2D eigenvalue weighted by Crippen LogP contribution is 2.24. The fourth-order valence-electron chi connectivity index (χ4n) is 2.07. The molecule has 0 N–H and O–H groups in total. The molecule has 0 atom stereocenters. The first-order chi connectivity index (χ1) is 11.5. The van der Waals surface area contributed by atoms with Gasteiger partial charge >= 0.3 is 0 Å². The SMILES string of the molecule is COCCOc1ccc(S(=O)(=O)N(CCOC)CCOC)cc1C. The summed E-state index contributed by atoms with van der Waals surface area (Å²) in [5.41, 5.74) is 0.755. The Labute approximate surface area is 144 Å². The molecule has 0 aliphatic rings. The second-order valence-corrected chi connectivity index (χ2v) is 7.10. The molecule has 0 aromatic heterocycles. The second-order valence-electron chi connectivity index (χ2n) is 5.16. The van der Waals surface area contributed by atoms with Crippen molar-refractivity contribution in [3.63, 3.8) is 0 Å². The van der Waals surface area contributed by atoms with Crippen LogP contribution in [0.1, 0.15) is 5.56 Å². The van der Waals surface area contributed by atoms with Crippen LogP contribution in [0, 0.1) is 6.92 Å². The molecule has 0 saturated heterocycles. The van der Waals surface area contributed by atoms with Crippen molar-refractivity contribution < 1.29 is 27.4 Å². The summed E-state index contributed by atoms with van der Waals surface area (Å²) < 4.78 is 47.5. The van der Waals surface area contributed by atoms with Gasteiger partial charge in [-0.25, -0.2) is 8.42 Å². The van der Waals surface area contributed by atoms with Gasteiger partial charge in [0.05, 0.1) is 24.7 Å². The molecule has 1 aromatic rings. The van der Waals surface area contributed by atoms with E-state index in [0.717, 1.165) is 5.56 Å². The molecule has 8 heteroatoms. The third kappa shape index (κ3) is 6.03. The molecule has 1 aromatic carbocycles. The third-order valence-electron chi connectivity index (χ3n) is 3.42. The van der Waals surface area contributed by atoms with Crippen molar-refractivity contribution in [2.75, 3.05) is 60.8 Å². The molecular weight excluding hydrogens is 334 g/mol. The van der Waals surface area contributed by atoms with E-state index in [9.17, 15) is 8.42 Å². The fourth-order valence-corrected chi connectivity index (χ4v) is 3.56. The number of sulfonamides is 1. The van der Waals surface area contributed by atoms with Gasteiger partial charge in [0.15, 0.2) is 0 Å². The third-order valence-corrected chi connectivity index (χ3v) is 5.31. The first kappa shape index (κ1) is 20.9. The molecule has 138 valence electrons. The van der Waals surface area contributed by atoms with Gasteiger partial charge in [-0.2, -0.15) is 4.31 Å². The van der Waals surface area contributed by atoms with Gasteiger partial charge in [-0.3, -0.25) is 0 Å². The summed E-state index contributed by atoms with van der Waals surface area (Å²) in [6, 6.07) is 4.84. The van der Waals surface area contributed by atoms with E-state index in [4.69, 9.17) is 18.9 Å². The number of ether oxygens (including phenoxy) is 4. The van der Waals surface area contributed by atoms with Crippen LogP contribution < -0.4 is 4.74 Å². The first-order valence-electron chi connectivity index (χ1n) is 7.67. The van der Waals surface area contributed by atoms with Gasteiger partial charge in [0.25, 0.3) is 0 Å². The summed E-state index contributed by atoms with van der Waals surface area (Å²) in [7, 11) is 1.06. The molecule has 0 bridgehead atoms. The highest BCUT2D eigenvalue weighted by molar-refractivity contribution is 7.89. The number of methoxy groups -OCH3 is 3. The van der Waals surface area contributed by atoms with Crippen LogP contribution in [0.4, 0.5) is 0 Å². The lowest BCUT2D eigenvalue weighted by molar-refractivity contribution is 0.146. The molecule has 0 aliphatic carbocycles. The van der Waals surface area contributed by atoms with E-state index in [1.54, 1.807) is 25.3 Å². The average Bonchev–Trinajstić information content (AvgIpc) is 2.56. The smallest absolute Gasteiger partial charge is 0.243 e. The predicted molar refractivity (Wildman–Crippen MR) is 91.1 cm³/mol. The van der Waals surface area contributed by atoms with Crippen LogP contribution in [0.2, 0.25) is 0 Å². The van der Waals surface area contributed by atoms with E-state index in [0.29, 0.717) is 32.2 Å². The lowest BCUT2D eigenvalue weighted by Crippen LogP contribution is -2.36. The normalized spacial score (nSPS) is 11.9. The van der Waals surface area contributed by atoms with E-state index in [1.165, 1.54) is 18.5 Å². The first-order valence-corrected chi connectivity index (χ1v) is 9.11. The van der Waals surface area contributed by atoms with Crippen molar-refractivity contribution in [1.29, 1.82) is 0 Å². The number of benzene rings is 1. The van der Waals surface area contributed by atoms with Crippen LogP contribution in [0.15, 0.2) is 23.1 Å². The molecule has 7 nitrogen and oxygen atoms in total. The number of hydrogen-bond donors (Lipinski definition) is 0. The van der Waals surface area contributed by atoms with E-state index < -0.39 is 10.0 Å². The van der Waals surface area contributed by atoms with Gasteiger partial charge in [-0.1, -0.05) is 0 Å². The Kier molecular flexibility index (Phi) is 9.24. The summed E-state index contributed by atoms with van der Waals surface area (Å²) in [4.78, 5) is 0.228. The van der Waals surface area contributed by atoms with Crippen molar-refractivity contribution in [2.45, 2.75) is 11.8 Å². The summed E-state index contributed by atoms with van der Waals surface area (Å²) in [6.45, 7) is 3.88. The molecule has 0 spiro atoms. The van der Waals surface area contributed by atoms with Crippen molar-refractivity contribution in [3.05, 3.63) is 23.8 Å². The minimum atomic E-state index is -3.62. The minimum Gasteiger partial charge on any atom is -0.491 e. The van der Waals surface area contributed by atoms with Crippen LogP contribution >= 0.6 is 0 Å². The Bertz CT molecular complexity index is 582. The van der Waals surface area contributed by atoms with Crippen molar-refractivity contribution in [2.24, 2.45) is 0 Å². The van der Waals surface area contributed by atoms with Gasteiger partial charge < -0.3 is 18.9 Å². The van der Waals surface area contributed by atoms with Gasteiger partial charge in [-0.05, 0) is 30.7 Å². The maximum Gasteiger partial charge on any atom is 0.243 e.